The van der Waals surface area contributed by atoms with Crippen LogP contribution in [0.2, 0.25) is 0 Å². The first kappa shape index (κ1) is 14.2. The molecule has 0 aliphatic carbocycles. The lowest BCUT2D eigenvalue weighted by atomic mass is 10.1. The Morgan fingerprint density at radius 3 is 2.72 bits per heavy atom. The largest absolute Gasteiger partial charge is 0.398 e. The van der Waals surface area contributed by atoms with E-state index < -0.39 is 11.7 Å². The van der Waals surface area contributed by atoms with Gasteiger partial charge in [0.1, 0.15) is 5.82 Å². The minimum Gasteiger partial charge on any atom is -0.398 e. The third-order valence-electron chi connectivity index (χ3n) is 2.27. The number of benzene rings is 1. The molecule has 0 aliphatic heterocycles. The molecule has 0 saturated heterocycles. The van der Waals surface area contributed by atoms with Crippen molar-refractivity contribution in [2.45, 2.75) is 20.0 Å². The van der Waals surface area contributed by atoms with Crippen molar-refractivity contribution < 1.29 is 13.9 Å². The normalized spacial score (nSPS) is 10.7. The molecule has 0 aromatic heterocycles. The van der Waals surface area contributed by atoms with E-state index in [-0.39, 0.29) is 23.0 Å². The maximum atomic E-state index is 13.5. The Kier molecular flexibility index (Phi) is 4.91. The summed E-state index contributed by atoms with van der Waals surface area (Å²) in [5, 5.41) is 2.83. The molecule has 100 valence electrons. The summed E-state index contributed by atoms with van der Waals surface area (Å²) in [6, 6.07) is 2.38. The van der Waals surface area contributed by atoms with Crippen molar-refractivity contribution in [3.63, 3.8) is 0 Å². The Balaban J connectivity index is 2.70. The van der Waals surface area contributed by atoms with Gasteiger partial charge < -0.3 is 21.5 Å². The van der Waals surface area contributed by atoms with Crippen LogP contribution in [0.5, 0.6) is 0 Å². The number of nitrogens with one attached hydrogen (secondary N) is 1. The van der Waals surface area contributed by atoms with Crippen molar-refractivity contribution in [3.05, 3.63) is 23.5 Å². The number of nitrogen functional groups attached to an aromatic ring is 1. The van der Waals surface area contributed by atoms with Crippen molar-refractivity contribution in [3.8, 4) is 0 Å². The molecular weight excluding hydrogens is 237 g/mol. The number of carbonyl (C=O) groups is 1. The molecule has 1 rings (SSSR count). The highest BCUT2D eigenvalue weighted by Crippen LogP contribution is 2.21. The van der Waals surface area contributed by atoms with Crippen LogP contribution in [-0.2, 0) is 4.74 Å². The number of primary amides is 1. The number of carbonyl (C=O) groups excluding carboxylic acids is 1. The van der Waals surface area contributed by atoms with Crippen molar-refractivity contribution in [2.75, 3.05) is 24.2 Å². The van der Waals surface area contributed by atoms with Gasteiger partial charge in [0.25, 0.3) is 5.91 Å². The quantitative estimate of drug-likeness (QED) is 0.528. The molecule has 0 atom stereocenters. The summed E-state index contributed by atoms with van der Waals surface area (Å²) >= 11 is 0. The third-order valence-corrected chi connectivity index (χ3v) is 2.27. The molecule has 0 unspecified atom stereocenters. The standard InChI is InChI=1S/C12H18FN3O2/c1-7(2)18-4-3-16-11-5-8(12(15)17)10(14)6-9(11)13/h5-7,16H,3-4,14H2,1-2H3,(H2,15,17). The van der Waals surface area contributed by atoms with Gasteiger partial charge in [-0.3, -0.25) is 4.79 Å². The van der Waals surface area contributed by atoms with Crippen LogP contribution in [0.25, 0.3) is 0 Å². The molecule has 1 amide bonds. The number of amides is 1. The minimum atomic E-state index is -0.686. The highest BCUT2D eigenvalue weighted by Gasteiger charge is 2.11. The van der Waals surface area contributed by atoms with Gasteiger partial charge in [-0.15, -0.1) is 0 Å². The van der Waals surface area contributed by atoms with Gasteiger partial charge in [-0.05, 0) is 26.0 Å². The molecule has 0 fully saturated rings. The maximum Gasteiger partial charge on any atom is 0.250 e. The molecule has 0 radical (unpaired) electrons. The smallest absolute Gasteiger partial charge is 0.250 e. The summed E-state index contributed by atoms with van der Waals surface area (Å²) in [5.74, 6) is -1.21. The number of hydrogen-bond donors (Lipinski definition) is 3. The molecular formula is C12H18FN3O2. The first-order valence-corrected chi connectivity index (χ1v) is 5.66. The van der Waals surface area contributed by atoms with E-state index in [9.17, 15) is 9.18 Å². The van der Waals surface area contributed by atoms with Crippen molar-refractivity contribution in [1.29, 1.82) is 0 Å². The van der Waals surface area contributed by atoms with Gasteiger partial charge in [-0.25, -0.2) is 4.39 Å². The Hall–Kier alpha value is -1.82. The van der Waals surface area contributed by atoms with Crippen LogP contribution in [-0.4, -0.2) is 25.2 Å². The van der Waals surface area contributed by atoms with E-state index in [1.54, 1.807) is 0 Å². The lowest BCUT2D eigenvalue weighted by Gasteiger charge is -2.12. The SMILES string of the molecule is CC(C)OCCNc1cc(C(N)=O)c(N)cc1F. The Morgan fingerprint density at radius 1 is 1.50 bits per heavy atom. The molecule has 0 saturated carbocycles. The fourth-order valence-corrected chi connectivity index (χ4v) is 1.42. The second-order valence-electron chi connectivity index (χ2n) is 4.13. The van der Waals surface area contributed by atoms with Gasteiger partial charge in [0.15, 0.2) is 0 Å². The Bertz CT molecular complexity index is 436. The number of ether oxygens (including phenoxy) is 1. The number of anilines is 2. The van der Waals surface area contributed by atoms with Crippen LogP contribution in [0.1, 0.15) is 24.2 Å². The van der Waals surface area contributed by atoms with Gasteiger partial charge in [-0.2, -0.15) is 0 Å². The zero-order valence-corrected chi connectivity index (χ0v) is 10.5. The third kappa shape index (κ3) is 3.89. The molecule has 0 heterocycles. The number of rotatable bonds is 6. The highest BCUT2D eigenvalue weighted by atomic mass is 19.1. The summed E-state index contributed by atoms with van der Waals surface area (Å²) in [6.45, 7) is 4.69. The fraction of sp³-hybridized carbons (Fsp3) is 0.417. The van der Waals surface area contributed by atoms with Gasteiger partial charge in [0.05, 0.1) is 24.0 Å². The molecule has 18 heavy (non-hydrogen) atoms. The molecule has 0 spiro atoms. The van der Waals surface area contributed by atoms with Gasteiger partial charge >= 0.3 is 0 Å². The molecule has 1 aromatic rings. The van der Waals surface area contributed by atoms with E-state index in [0.717, 1.165) is 6.07 Å². The van der Waals surface area contributed by atoms with E-state index >= 15 is 0 Å². The second-order valence-corrected chi connectivity index (χ2v) is 4.13. The van der Waals surface area contributed by atoms with E-state index in [1.165, 1.54) is 6.07 Å². The van der Waals surface area contributed by atoms with E-state index in [2.05, 4.69) is 5.32 Å². The Labute approximate surface area is 105 Å². The lowest BCUT2D eigenvalue weighted by molar-refractivity contribution is 0.0870. The number of hydrogen-bond acceptors (Lipinski definition) is 4. The van der Waals surface area contributed by atoms with Crippen LogP contribution in [0, 0.1) is 5.82 Å². The average Bonchev–Trinajstić information content (AvgIpc) is 2.25. The average molecular weight is 255 g/mol. The summed E-state index contributed by atoms with van der Waals surface area (Å²) in [5.41, 5.74) is 10.9. The fourth-order valence-electron chi connectivity index (χ4n) is 1.42. The predicted molar refractivity (Wildman–Crippen MR) is 68.9 cm³/mol. The van der Waals surface area contributed by atoms with E-state index in [1.807, 2.05) is 13.8 Å². The van der Waals surface area contributed by atoms with Gasteiger partial charge in [0, 0.05) is 12.2 Å². The first-order chi connectivity index (χ1) is 8.41. The van der Waals surface area contributed by atoms with E-state index in [0.29, 0.717) is 13.2 Å². The number of nitrogens with two attached hydrogens (primary N) is 2. The minimum absolute atomic E-state index is 0.0315. The van der Waals surface area contributed by atoms with Crippen molar-refractivity contribution in [2.24, 2.45) is 5.73 Å². The molecule has 0 bridgehead atoms. The topological polar surface area (TPSA) is 90.4 Å². The lowest BCUT2D eigenvalue weighted by Crippen LogP contribution is -2.17. The molecule has 0 aliphatic rings. The zero-order valence-electron chi connectivity index (χ0n) is 10.5. The second kappa shape index (κ2) is 6.20. The van der Waals surface area contributed by atoms with Crippen LogP contribution in [0.3, 0.4) is 0 Å². The predicted octanol–water partition coefficient (Wildman–Crippen LogP) is 1.34. The number of halogens is 1. The van der Waals surface area contributed by atoms with Crippen molar-refractivity contribution in [1.82, 2.24) is 0 Å². The summed E-state index contributed by atoms with van der Waals surface area (Å²) in [7, 11) is 0. The van der Waals surface area contributed by atoms with Gasteiger partial charge in [-0.1, -0.05) is 0 Å². The first-order valence-electron chi connectivity index (χ1n) is 5.66. The van der Waals surface area contributed by atoms with Crippen molar-refractivity contribution >= 4 is 17.3 Å². The summed E-state index contributed by atoms with van der Waals surface area (Å²) < 4.78 is 18.8. The molecule has 6 heteroatoms. The maximum absolute atomic E-state index is 13.5. The van der Waals surface area contributed by atoms with Crippen LogP contribution >= 0.6 is 0 Å². The molecule has 1 aromatic carbocycles. The van der Waals surface area contributed by atoms with E-state index in [4.69, 9.17) is 16.2 Å². The monoisotopic (exact) mass is 255 g/mol. The highest BCUT2D eigenvalue weighted by molar-refractivity contribution is 5.99. The van der Waals surface area contributed by atoms with Gasteiger partial charge in [0.2, 0.25) is 0 Å². The van der Waals surface area contributed by atoms with Crippen LogP contribution < -0.4 is 16.8 Å². The Morgan fingerprint density at radius 2 is 2.17 bits per heavy atom. The van der Waals surface area contributed by atoms with Crippen LogP contribution in [0.4, 0.5) is 15.8 Å². The summed E-state index contributed by atoms with van der Waals surface area (Å²) in [6.07, 6.45) is 0.115. The summed E-state index contributed by atoms with van der Waals surface area (Å²) in [4.78, 5) is 11.1. The molecule has 5 nitrogen and oxygen atoms in total. The zero-order chi connectivity index (χ0) is 13.7. The van der Waals surface area contributed by atoms with Crippen LogP contribution in [0.15, 0.2) is 12.1 Å². The molecule has 5 N–H and O–H groups in total.